The fraction of sp³-hybridized carbons (Fsp3) is 1.00. The molecule has 13 atom stereocenters. The van der Waals surface area contributed by atoms with Crippen LogP contribution in [0.15, 0.2) is 0 Å². The van der Waals surface area contributed by atoms with Crippen molar-refractivity contribution in [2.45, 2.75) is 112 Å². The number of hydrogen-bond donors (Lipinski definition) is 8. The summed E-state index contributed by atoms with van der Waals surface area (Å²) in [5, 5.41) is 35.0. The summed E-state index contributed by atoms with van der Waals surface area (Å²) in [5.74, 6) is 0. The van der Waals surface area contributed by atoms with Crippen molar-refractivity contribution in [1.82, 2.24) is 5.32 Å². The Morgan fingerprint density at radius 1 is 1.00 bits per heavy atom. The third-order valence-corrected chi connectivity index (χ3v) is 6.81. The van der Waals surface area contributed by atoms with E-state index in [1.807, 2.05) is 6.92 Å². The summed E-state index contributed by atoms with van der Waals surface area (Å²) < 4.78 is 23.4. The molecule has 1 saturated carbocycles. The van der Waals surface area contributed by atoms with Gasteiger partial charge >= 0.3 is 0 Å². The van der Waals surface area contributed by atoms with Crippen LogP contribution >= 0.6 is 0 Å². The van der Waals surface area contributed by atoms with E-state index in [0.717, 1.165) is 6.42 Å². The van der Waals surface area contributed by atoms with Gasteiger partial charge in [-0.1, -0.05) is 0 Å². The standard InChI is InChI=1S/C20H41N5O7/c1-8(21)12-5-4-9(22)18(30-12)31-15-10(23)6-11(24)16(13(15)26)32-19-14(27)17(25-3)20(2,28)7-29-19/h8-19,25-28H,4-7,21-24H2,1-3H3/t8-,9-,10+,11-,12+,13+,14+,15-,16+,17-,18-,19-,20+/m1/s1. The first-order valence-electron chi connectivity index (χ1n) is 11.3. The molecule has 1 aliphatic carbocycles. The highest BCUT2D eigenvalue weighted by Crippen LogP contribution is 2.31. The number of ether oxygens (including phenoxy) is 4. The number of rotatable bonds is 6. The quantitative estimate of drug-likeness (QED) is 0.192. The number of nitrogens with one attached hydrogen (secondary N) is 1. The lowest BCUT2D eigenvalue weighted by molar-refractivity contribution is -0.307. The molecule has 0 amide bonds. The summed E-state index contributed by atoms with van der Waals surface area (Å²) in [4.78, 5) is 0. The van der Waals surface area contributed by atoms with Gasteiger partial charge in [0.15, 0.2) is 12.6 Å². The molecule has 0 aromatic heterocycles. The molecule has 0 bridgehead atoms. The van der Waals surface area contributed by atoms with Crippen molar-refractivity contribution in [3.05, 3.63) is 0 Å². The molecule has 2 heterocycles. The smallest absolute Gasteiger partial charge is 0.185 e. The molecule has 3 aliphatic rings. The second-order valence-electron chi connectivity index (χ2n) is 9.69. The molecule has 2 saturated heterocycles. The Labute approximate surface area is 188 Å². The molecule has 0 aromatic rings. The van der Waals surface area contributed by atoms with E-state index < -0.39 is 60.7 Å². The molecular formula is C20H41N5O7. The number of nitrogens with two attached hydrogens (primary N) is 4. The van der Waals surface area contributed by atoms with Crippen molar-refractivity contribution in [3.8, 4) is 0 Å². The highest BCUT2D eigenvalue weighted by Gasteiger charge is 2.50. The maximum absolute atomic E-state index is 11.1. The highest BCUT2D eigenvalue weighted by atomic mass is 16.7. The molecule has 0 radical (unpaired) electrons. The van der Waals surface area contributed by atoms with Gasteiger partial charge in [-0.05, 0) is 40.2 Å². The minimum absolute atomic E-state index is 0.0683. The van der Waals surface area contributed by atoms with Crippen LogP contribution in [0.2, 0.25) is 0 Å². The maximum atomic E-state index is 11.1. The van der Waals surface area contributed by atoms with Gasteiger partial charge in [-0.2, -0.15) is 0 Å². The van der Waals surface area contributed by atoms with Crippen molar-refractivity contribution >= 4 is 0 Å². The molecule has 12 nitrogen and oxygen atoms in total. The third kappa shape index (κ3) is 5.43. The second kappa shape index (κ2) is 10.4. The third-order valence-electron chi connectivity index (χ3n) is 6.81. The first kappa shape index (κ1) is 26.1. The van der Waals surface area contributed by atoms with Crippen LogP contribution in [0, 0.1) is 0 Å². The lowest BCUT2D eigenvalue weighted by atomic mass is 9.84. The molecule has 0 aromatic carbocycles. The molecule has 12 heteroatoms. The van der Waals surface area contributed by atoms with E-state index in [9.17, 15) is 15.3 Å². The molecule has 0 spiro atoms. The van der Waals surface area contributed by atoms with Gasteiger partial charge in [0.2, 0.25) is 0 Å². The van der Waals surface area contributed by atoms with Gasteiger partial charge in [-0.3, -0.25) is 0 Å². The van der Waals surface area contributed by atoms with E-state index >= 15 is 0 Å². The van der Waals surface area contributed by atoms with E-state index in [1.54, 1.807) is 14.0 Å². The Morgan fingerprint density at radius 3 is 2.16 bits per heavy atom. The molecule has 32 heavy (non-hydrogen) atoms. The zero-order valence-corrected chi connectivity index (χ0v) is 19.0. The van der Waals surface area contributed by atoms with Crippen molar-refractivity contribution in [1.29, 1.82) is 0 Å². The topological polar surface area (TPSA) is 214 Å². The average molecular weight is 464 g/mol. The predicted molar refractivity (Wildman–Crippen MR) is 115 cm³/mol. The first-order valence-corrected chi connectivity index (χ1v) is 11.3. The van der Waals surface area contributed by atoms with Crippen molar-refractivity contribution in [2.24, 2.45) is 22.9 Å². The van der Waals surface area contributed by atoms with E-state index in [2.05, 4.69) is 5.32 Å². The largest absolute Gasteiger partial charge is 0.388 e. The SMILES string of the molecule is CN[C@@H]1[C@H](O)[C@@H](O[C@@H]2[C@@H](O)[C@H](O[C@H]3O[C@H]([C@@H](C)N)CC[C@H]3N)[C@@H](N)C[C@H]2N)OC[C@]1(C)O. The summed E-state index contributed by atoms with van der Waals surface area (Å²) in [6, 6.07) is -2.47. The fourth-order valence-corrected chi connectivity index (χ4v) is 4.87. The minimum atomic E-state index is -1.29. The van der Waals surface area contributed by atoms with Gasteiger partial charge in [0.1, 0.15) is 30.0 Å². The minimum Gasteiger partial charge on any atom is -0.388 e. The molecular weight excluding hydrogens is 422 g/mol. The van der Waals surface area contributed by atoms with Crippen LogP contribution in [-0.2, 0) is 18.9 Å². The van der Waals surface area contributed by atoms with Gasteiger partial charge in [-0.15, -0.1) is 0 Å². The predicted octanol–water partition coefficient (Wildman–Crippen LogP) is -3.59. The van der Waals surface area contributed by atoms with Crippen LogP contribution in [0.1, 0.15) is 33.1 Å². The van der Waals surface area contributed by atoms with Crippen LogP contribution in [-0.4, -0.2) is 108 Å². The number of likely N-dealkylation sites (N-methyl/N-ethyl adjacent to an activating group) is 1. The zero-order chi connectivity index (χ0) is 23.8. The molecule has 188 valence electrons. The monoisotopic (exact) mass is 463 g/mol. The lowest BCUT2D eigenvalue weighted by Crippen LogP contribution is -2.68. The Kier molecular flexibility index (Phi) is 8.51. The summed E-state index contributed by atoms with van der Waals surface area (Å²) in [7, 11) is 1.62. The number of aliphatic hydroxyl groups is 3. The van der Waals surface area contributed by atoms with Crippen molar-refractivity contribution < 1.29 is 34.3 Å². The highest BCUT2D eigenvalue weighted by molar-refractivity contribution is 5.02. The number of hydrogen-bond acceptors (Lipinski definition) is 12. The maximum Gasteiger partial charge on any atom is 0.185 e. The van der Waals surface area contributed by atoms with Gasteiger partial charge in [-0.25, -0.2) is 0 Å². The first-order chi connectivity index (χ1) is 15.0. The normalized spacial score (nSPS) is 51.4. The van der Waals surface area contributed by atoms with Crippen molar-refractivity contribution in [3.63, 3.8) is 0 Å². The molecule has 3 fully saturated rings. The van der Waals surface area contributed by atoms with Crippen molar-refractivity contribution in [2.75, 3.05) is 13.7 Å². The Bertz CT molecular complexity index is 615. The molecule has 0 unspecified atom stereocenters. The molecule has 3 rings (SSSR count). The van der Waals surface area contributed by atoms with Crippen LogP contribution < -0.4 is 28.3 Å². The summed E-state index contributed by atoms with van der Waals surface area (Å²) >= 11 is 0. The van der Waals surface area contributed by atoms with Gasteiger partial charge < -0.3 is 62.5 Å². The van der Waals surface area contributed by atoms with Crippen LogP contribution in [0.25, 0.3) is 0 Å². The molecule has 12 N–H and O–H groups in total. The Balaban J connectivity index is 1.69. The Hall–Kier alpha value is -0.480. The van der Waals surface area contributed by atoms with E-state index in [4.69, 9.17) is 41.9 Å². The molecule has 2 aliphatic heterocycles. The van der Waals surface area contributed by atoms with E-state index in [0.29, 0.717) is 12.8 Å². The zero-order valence-electron chi connectivity index (χ0n) is 19.0. The van der Waals surface area contributed by atoms with E-state index in [1.165, 1.54) is 0 Å². The van der Waals surface area contributed by atoms with Crippen LogP contribution in [0.4, 0.5) is 0 Å². The average Bonchev–Trinajstić information content (AvgIpc) is 2.71. The Morgan fingerprint density at radius 2 is 1.59 bits per heavy atom. The summed E-state index contributed by atoms with van der Waals surface area (Å²) in [6.45, 7) is 3.34. The second-order valence-corrected chi connectivity index (χ2v) is 9.69. The summed E-state index contributed by atoms with van der Waals surface area (Å²) in [6.07, 6.45) is -4.58. The van der Waals surface area contributed by atoms with Gasteiger partial charge in [0.25, 0.3) is 0 Å². The van der Waals surface area contributed by atoms with Crippen LogP contribution in [0.5, 0.6) is 0 Å². The van der Waals surface area contributed by atoms with E-state index in [-0.39, 0.29) is 24.8 Å². The summed E-state index contributed by atoms with van der Waals surface area (Å²) in [5.41, 5.74) is 23.3. The number of aliphatic hydroxyl groups excluding tert-OH is 2. The fourth-order valence-electron chi connectivity index (χ4n) is 4.87. The van der Waals surface area contributed by atoms with Crippen LogP contribution in [0.3, 0.4) is 0 Å². The lowest BCUT2D eigenvalue weighted by Gasteiger charge is -2.48. The van der Waals surface area contributed by atoms with Gasteiger partial charge in [0, 0.05) is 18.1 Å². The van der Waals surface area contributed by atoms with Gasteiger partial charge in [0.05, 0.1) is 24.8 Å².